The van der Waals surface area contributed by atoms with Crippen LogP contribution in [-0.4, -0.2) is 53.4 Å². The Morgan fingerprint density at radius 1 is 1.25 bits per heavy atom. The summed E-state index contributed by atoms with van der Waals surface area (Å²) in [5.74, 6) is 0.313. The van der Waals surface area contributed by atoms with Gasteiger partial charge in [-0.1, -0.05) is 6.07 Å². The van der Waals surface area contributed by atoms with Crippen LogP contribution >= 0.6 is 0 Å². The van der Waals surface area contributed by atoms with Crippen molar-refractivity contribution in [3.63, 3.8) is 0 Å². The first-order chi connectivity index (χ1) is 13.7. The third-order valence-electron chi connectivity index (χ3n) is 6.36. The van der Waals surface area contributed by atoms with Crippen LogP contribution in [0, 0.1) is 12.8 Å². The third-order valence-corrected chi connectivity index (χ3v) is 6.36. The molecule has 0 unspecified atom stereocenters. The number of carbonyl (C=O) groups is 1. The van der Waals surface area contributed by atoms with Gasteiger partial charge in [0.25, 0.3) is 0 Å². The maximum atomic E-state index is 12.9. The molecule has 2 saturated heterocycles. The molecule has 4 heterocycles. The first-order valence-electron chi connectivity index (χ1n) is 10.5. The SMILES string of the molecule is Cc1ccc(C2(CN3CCC[C@@H](C(=O)c4cccnc4)C3)CCNCC2)nc1. The molecular weight excluding hydrogens is 348 g/mol. The lowest BCUT2D eigenvalue weighted by Crippen LogP contribution is -2.51. The van der Waals surface area contributed by atoms with Crippen molar-refractivity contribution in [3.05, 3.63) is 59.7 Å². The van der Waals surface area contributed by atoms with Crippen LogP contribution in [-0.2, 0) is 5.41 Å². The molecule has 0 radical (unpaired) electrons. The number of carbonyl (C=O) groups excluding carboxylic acids is 1. The van der Waals surface area contributed by atoms with Crippen LogP contribution in [0.3, 0.4) is 0 Å². The summed E-state index contributed by atoms with van der Waals surface area (Å²) in [6.07, 6.45) is 9.66. The van der Waals surface area contributed by atoms with Crippen LogP contribution in [0.15, 0.2) is 42.9 Å². The lowest BCUT2D eigenvalue weighted by atomic mass is 9.74. The minimum Gasteiger partial charge on any atom is -0.317 e. The Morgan fingerprint density at radius 2 is 2.11 bits per heavy atom. The Balaban J connectivity index is 1.50. The number of hydrogen-bond acceptors (Lipinski definition) is 5. The van der Waals surface area contributed by atoms with E-state index in [2.05, 4.69) is 34.3 Å². The molecule has 5 heteroatoms. The minimum absolute atomic E-state index is 0.0719. The number of likely N-dealkylation sites (tertiary alicyclic amines) is 1. The highest BCUT2D eigenvalue weighted by Gasteiger charge is 2.38. The first kappa shape index (κ1) is 19.2. The van der Waals surface area contributed by atoms with Gasteiger partial charge in [0.1, 0.15) is 0 Å². The molecule has 0 bridgehead atoms. The number of aryl methyl sites for hydroxylation is 1. The Hall–Kier alpha value is -2.11. The molecule has 0 saturated carbocycles. The maximum absolute atomic E-state index is 12.9. The normalized spacial score (nSPS) is 22.7. The Bertz CT molecular complexity index is 784. The fraction of sp³-hybridized carbons (Fsp3) is 0.522. The van der Waals surface area contributed by atoms with Gasteiger partial charge in [0.15, 0.2) is 5.78 Å². The van der Waals surface area contributed by atoms with Crippen molar-refractivity contribution in [2.75, 3.05) is 32.7 Å². The van der Waals surface area contributed by atoms with Crippen LogP contribution < -0.4 is 5.32 Å². The van der Waals surface area contributed by atoms with Gasteiger partial charge in [-0.25, -0.2) is 0 Å². The number of hydrogen-bond donors (Lipinski definition) is 1. The fourth-order valence-electron chi connectivity index (χ4n) is 4.77. The predicted molar refractivity (Wildman–Crippen MR) is 110 cm³/mol. The van der Waals surface area contributed by atoms with E-state index in [1.807, 2.05) is 18.3 Å². The van der Waals surface area contributed by atoms with Crippen LogP contribution in [0.5, 0.6) is 0 Å². The van der Waals surface area contributed by atoms with Gasteiger partial charge in [0.05, 0.1) is 0 Å². The summed E-state index contributed by atoms with van der Waals surface area (Å²) >= 11 is 0. The maximum Gasteiger partial charge on any atom is 0.168 e. The van der Waals surface area contributed by atoms with E-state index in [0.717, 1.165) is 64.0 Å². The second-order valence-corrected chi connectivity index (χ2v) is 8.43. The first-order valence-corrected chi connectivity index (χ1v) is 10.5. The van der Waals surface area contributed by atoms with Gasteiger partial charge in [0, 0.05) is 54.3 Å². The number of nitrogens with zero attached hydrogens (tertiary/aromatic N) is 3. The Morgan fingerprint density at radius 3 is 2.82 bits per heavy atom. The molecule has 2 fully saturated rings. The zero-order valence-corrected chi connectivity index (χ0v) is 16.7. The van der Waals surface area contributed by atoms with E-state index < -0.39 is 0 Å². The second kappa shape index (κ2) is 8.50. The van der Waals surface area contributed by atoms with Crippen LogP contribution in [0.1, 0.15) is 47.3 Å². The lowest BCUT2D eigenvalue weighted by molar-refractivity contribution is 0.0761. The molecule has 1 atom stereocenters. The fourth-order valence-corrected chi connectivity index (χ4v) is 4.77. The number of nitrogens with one attached hydrogen (secondary N) is 1. The van der Waals surface area contributed by atoms with E-state index in [4.69, 9.17) is 4.98 Å². The summed E-state index contributed by atoms with van der Waals surface area (Å²) in [6, 6.07) is 8.12. The summed E-state index contributed by atoms with van der Waals surface area (Å²) in [7, 11) is 0. The monoisotopic (exact) mass is 378 g/mol. The molecule has 2 aliphatic rings. The number of Topliss-reactive ketones (excluding diaryl/α,β-unsaturated/α-hetero) is 1. The largest absolute Gasteiger partial charge is 0.317 e. The number of rotatable bonds is 5. The Kier molecular flexibility index (Phi) is 5.83. The molecule has 148 valence electrons. The highest BCUT2D eigenvalue weighted by atomic mass is 16.1. The average molecular weight is 379 g/mol. The number of piperidine rings is 2. The molecular formula is C23H30N4O. The van der Waals surface area contributed by atoms with Gasteiger partial charge in [-0.15, -0.1) is 0 Å². The summed E-state index contributed by atoms with van der Waals surface area (Å²) in [6.45, 7) is 7.04. The molecule has 0 aromatic carbocycles. The van der Waals surface area contributed by atoms with Crippen molar-refractivity contribution < 1.29 is 4.79 Å². The number of ketones is 1. The van der Waals surface area contributed by atoms with E-state index in [-0.39, 0.29) is 17.1 Å². The highest BCUT2D eigenvalue weighted by Crippen LogP contribution is 2.35. The van der Waals surface area contributed by atoms with Crippen LogP contribution in [0.4, 0.5) is 0 Å². The minimum atomic E-state index is 0.0719. The quantitative estimate of drug-likeness (QED) is 0.811. The van der Waals surface area contributed by atoms with E-state index in [1.165, 1.54) is 11.3 Å². The Labute approximate surface area is 167 Å². The topological polar surface area (TPSA) is 58.1 Å². The van der Waals surface area contributed by atoms with Crippen molar-refractivity contribution in [2.24, 2.45) is 5.92 Å². The standard InChI is InChI=1S/C23H30N4O/c1-18-6-7-21(26-14-18)23(8-11-24-12-9-23)17-27-13-3-5-20(16-27)22(28)19-4-2-10-25-15-19/h2,4,6-7,10,14-15,20,24H,3,5,8-9,11-13,16-17H2,1H3/t20-/m1/s1. The van der Waals surface area contributed by atoms with Crippen LogP contribution in [0.2, 0.25) is 0 Å². The molecule has 28 heavy (non-hydrogen) atoms. The average Bonchev–Trinajstić information content (AvgIpc) is 2.75. The molecule has 2 aromatic rings. The molecule has 0 spiro atoms. The summed E-state index contributed by atoms with van der Waals surface area (Å²) in [4.78, 5) is 24.4. The molecule has 5 nitrogen and oxygen atoms in total. The van der Waals surface area contributed by atoms with Crippen molar-refractivity contribution in [1.29, 1.82) is 0 Å². The van der Waals surface area contributed by atoms with Gasteiger partial charge in [0.2, 0.25) is 0 Å². The van der Waals surface area contributed by atoms with Crippen LogP contribution in [0.25, 0.3) is 0 Å². The van der Waals surface area contributed by atoms with Crippen molar-refractivity contribution in [3.8, 4) is 0 Å². The molecule has 4 rings (SSSR count). The van der Waals surface area contributed by atoms with Gasteiger partial charge in [-0.05, 0) is 76.0 Å². The molecule has 0 amide bonds. The molecule has 2 aliphatic heterocycles. The van der Waals surface area contributed by atoms with Crippen molar-refractivity contribution >= 4 is 5.78 Å². The van der Waals surface area contributed by atoms with E-state index in [9.17, 15) is 4.79 Å². The number of pyridine rings is 2. The van der Waals surface area contributed by atoms with Gasteiger partial charge in [-0.2, -0.15) is 0 Å². The highest BCUT2D eigenvalue weighted by molar-refractivity contribution is 5.97. The molecule has 2 aromatic heterocycles. The zero-order chi connectivity index (χ0) is 19.4. The third kappa shape index (κ3) is 4.15. The van der Waals surface area contributed by atoms with Gasteiger partial charge in [-0.3, -0.25) is 14.8 Å². The zero-order valence-electron chi connectivity index (χ0n) is 16.7. The summed E-state index contributed by atoms with van der Waals surface area (Å²) < 4.78 is 0. The molecule has 1 N–H and O–H groups in total. The van der Waals surface area contributed by atoms with Gasteiger partial charge >= 0.3 is 0 Å². The summed E-state index contributed by atoms with van der Waals surface area (Å²) in [5, 5.41) is 3.50. The number of aromatic nitrogens is 2. The smallest absolute Gasteiger partial charge is 0.168 e. The lowest BCUT2D eigenvalue weighted by Gasteiger charge is -2.43. The predicted octanol–water partition coefficient (Wildman–Crippen LogP) is 3.00. The summed E-state index contributed by atoms with van der Waals surface area (Å²) in [5.41, 5.74) is 3.23. The van der Waals surface area contributed by atoms with Crippen molar-refractivity contribution in [2.45, 2.75) is 38.0 Å². The van der Waals surface area contributed by atoms with Crippen molar-refractivity contribution in [1.82, 2.24) is 20.2 Å². The van der Waals surface area contributed by atoms with E-state index in [0.29, 0.717) is 0 Å². The second-order valence-electron chi connectivity index (χ2n) is 8.43. The van der Waals surface area contributed by atoms with Gasteiger partial charge < -0.3 is 10.2 Å². The van der Waals surface area contributed by atoms with E-state index >= 15 is 0 Å². The van der Waals surface area contributed by atoms with E-state index in [1.54, 1.807) is 12.4 Å². The molecule has 0 aliphatic carbocycles.